The molecule has 2 heterocycles. The fraction of sp³-hybridized carbons (Fsp3) is 0.455. The molecule has 2 rings (SSSR count). The van der Waals surface area contributed by atoms with E-state index in [1.54, 1.807) is 10.3 Å². The van der Waals surface area contributed by atoms with E-state index in [2.05, 4.69) is 10.3 Å². The SMILES string of the molecule is O=C1CCN(C(=O)Cc2csc(NC(=O)O)n2)CC1. The molecule has 2 N–H and O–H groups in total. The summed E-state index contributed by atoms with van der Waals surface area (Å²) in [6.07, 6.45) is -0.225. The number of nitrogens with one attached hydrogen (secondary N) is 1. The molecule has 19 heavy (non-hydrogen) atoms. The minimum atomic E-state index is -1.18. The molecule has 0 spiro atoms. The van der Waals surface area contributed by atoms with Gasteiger partial charge in [0.25, 0.3) is 0 Å². The van der Waals surface area contributed by atoms with E-state index >= 15 is 0 Å². The van der Waals surface area contributed by atoms with Crippen molar-refractivity contribution >= 4 is 34.3 Å². The van der Waals surface area contributed by atoms with Gasteiger partial charge in [0.05, 0.1) is 12.1 Å². The van der Waals surface area contributed by atoms with E-state index in [1.807, 2.05) is 0 Å². The maximum absolute atomic E-state index is 11.9. The van der Waals surface area contributed by atoms with Crippen LogP contribution in [-0.2, 0) is 16.0 Å². The highest BCUT2D eigenvalue weighted by atomic mass is 32.1. The molecule has 1 aromatic heterocycles. The molecule has 0 radical (unpaired) electrons. The van der Waals surface area contributed by atoms with Crippen LogP contribution in [0.5, 0.6) is 0 Å². The minimum absolute atomic E-state index is 0.0836. The van der Waals surface area contributed by atoms with Gasteiger partial charge in [-0.25, -0.2) is 9.78 Å². The molecule has 0 aliphatic carbocycles. The highest BCUT2D eigenvalue weighted by molar-refractivity contribution is 7.13. The van der Waals surface area contributed by atoms with Crippen molar-refractivity contribution in [2.75, 3.05) is 18.4 Å². The van der Waals surface area contributed by atoms with Gasteiger partial charge in [-0.3, -0.25) is 14.9 Å². The average Bonchev–Trinajstić information content (AvgIpc) is 2.76. The number of rotatable bonds is 3. The van der Waals surface area contributed by atoms with Crippen LogP contribution >= 0.6 is 11.3 Å². The van der Waals surface area contributed by atoms with E-state index in [1.165, 1.54) is 0 Å². The first-order chi connectivity index (χ1) is 9.04. The summed E-state index contributed by atoms with van der Waals surface area (Å²) >= 11 is 1.14. The monoisotopic (exact) mass is 283 g/mol. The summed E-state index contributed by atoms with van der Waals surface area (Å²) in [5.41, 5.74) is 0.538. The molecule has 1 fully saturated rings. The molecule has 102 valence electrons. The molecular weight excluding hydrogens is 270 g/mol. The largest absolute Gasteiger partial charge is 0.465 e. The van der Waals surface area contributed by atoms with Crippen LogP contribution in [0.15, 0.2) is 5.38 Å². The number of carboxylic acid groups (broad SMARTS) is 1. The lowest BCUT2D eigenvalue weighted by atomic mass is 10.1. The van der Waals surface area contributed by atoms with Gasteiger partial charge in [0.1, 0.15) is 5.78 Å². The first-order valence-electron chi connectivity index (χ1n) is 5.78. The molecule has 0 saturated carbocycles. The maximum Gasteiger partial charge on any atom is 0.410 e. The molecule has 2 amide bonds. The third-order valence-corrected chi connectivity index (χ3v) is 3.58. The number of likely N-dealkylation sites (tertiary alicyclic amines) is 1. The van der Waals surface area contributed by atoms with Gasteiger partial charge in [0, 0.05) is 31.3 Å². The number of hydrogen-bond acceptors (Lipinski definition) is 5. The summed E-state index contributed by atoms with van der Waals surface area (Å²) in [6, 6.07) is 0. The number of anilines is 1. The highest BCUT2D eigenvalue weighted by Crippen LogP contribution is 2.17. The first kappa shape index (κ1) is 13.5. The molecule has 0 aromatic carbocycles. The number of thiazole rings is 1. The molecule has 0 atom stereocenters. The van der Waals surface area contributed by atoms with Crippen LogP contribution in [0.1, 0.15) is 18.5 Å². The predicted octanol–water partition coefficient (Wildman–Crippen LogP) is 0.967. The molecule has 1 aliphatic heterocycles. The normalized spacial score (nSPS) is 15.4. The summed E-state index contributed by atoms with van der Waals surface area (Å²) in [6.45, 7) is 0.921. The standard InChI is InChI=1S/C11H13N3O4S/c15-8-1-3-14(4-2-8)9(16)5-7-6-19-10(12-7)13-11(17)18/h6H,1-5H2,(H,12,13)(H,17,18). The molecule has 0 bridgehead atoms. The molecule has 1 aliphatic rings. The average molecular weight is 283 g/mol. The van der Waals surface area contributed by atoms with Crippen LogP contribution in [0, 0.1) is 0 Å². The van der Waals surface area contributed by atoms with Crippen molar-refractivity contribution in [3.05, 3.63) is 11.1 Å². The van der Waals surface area contributed by atoms with Crippen molar-refractivity contribution in [2.45, 2.75) is 19.3 Å². The summed E-state index contributed by atoms with van der Waals surface area (Å²) in [5.74, 6) is 0.102. The second-order valence-corrected chi connectivity index (χ2v) is 5.03. The van der Waals surface area contributed by atoms with Crippen molar-refractivity contribution in [3.63, 3.8) is 0 Å². The lowest BCUT2D eigenvalue weighted by Crippen LogP contribution is -2.39. The van der Waals surface area contributed by atoms with E-state index < -0.39 is 6.09 Å². The van der Waals surface area contributed by atoms with Gasteiger partial charge >= 0.3 is 6.09 Å². The Balaban J connectivity index is 1.89. The molecule has 7 nitrogen and oxygen atoms in total. The lowest BCUT2D eigenvalue weighted by molar-refractivity contribution is -0.133. The van der Waals surface area contributed by atoms with Gasteiger partial charge < -0.3 is 10.0 Å². The van der Waals surface area contributed by atoms with Gasteiger partial charge in [-0.1, -0.05) is 0 Å². The van der Waals surface area contributed by atoms with Crippen LogP contribution in [0.3, 0.4) is 0 Å². The van der Waals surface area contributed by atoms with E-state index in [-0.39, 0.29) is 23.2 Å². The fourth-order valence-electron chi connectivity index (χ4n) is 1.81. The summed E-state index contributed by atoms with van der Waals surface area (Å²) in [4.78, 5) is 39.1. The minimum Gasteiger partial charge on any atom is -0.465 e. The zero-order chi connectivity index (χ0) is 13.8. The molecule has 1 saturated heterocycles. The quantitative estimate of drug-likeness (QED) is 0.861. The Morgan fingerprint density at radius 2 is 2.11 bits per heavy atom. The second kappa shape index (κ2) is 5.79. The Morgan fingerprint density at radius 1 is 1.42 bits per heavy atom. The van der Waals surface area contributed by atoms with E-state index in [0.717, 1.165) is 11.3 Å². The summed E-state index contributed by atoms with van der Waals surface area (Å²) in [7, 11) is 0. The van der Waals surface area contributed by atoms with Crippen molar-refractivity contribution in [1.29, 1.82) is 0 Å². The van der Waals surface area contributed by atoms with Gasteiger partial charge in [0.2, 0.25) is 5.91 Å². The third kappa shape index (κ3) is 3.75. The lowest BCUT2D eigenvalue weighted by Gasteiger charge is -2.25. The number of nitrogens with zero attached hydrogens (tertiary/aromatic N) is 2. The highest BCUT2D eigenvalue weighted by Gasteiger charge is 2.21. The Labute approximate surface area is 113 Å². The second-order valence-electron chi connectivity index (χ2n) is 4.17. The Hall–Kier alpha value is -1.96. The Kier molecular flexibility index (Phi) is 4.10. The van der Waals surface area contributed by atoms with Gasteiger partial charge in [0.15, 0.2) is 5.13 Å². The Morgan fingerprint density at radius 3 is 2.74 bits per heavy atom. The molecule has 0 unspecified atom stereocenters. The molecular formula is C11H13N3O4S. The van der Waals surface area contributed by atoms with Crippen LogP contribution in [0.25, 0.3) is 0 Å². The topological polar surface area (TPSA) is 99.6 Å². The van der Waals surface area contributed by atoms with E-state index in [0.29, 0.717) is 31.6 Å². The third-order valence-electron chi connectivity index (χ3n) is 2.77. The van der Waals surface area contributed by atoms with Crippen molar-refractivity contribution in [2.24, 2.45) is 0 Å². The van der Waals surface area contributed by atoms with Gasteiger partial charge in [-0.05, 0) is 0 Å². The van der Waals surface area contributed by atoms with Crippen LogP contribution in [0.4, 0.5) is 9.93 Å². The van der Waals surface area contributed by atoms with Crippen LogP contribution < -0.4 is 5.32 Å². The number of amides is 2. The maximum atomic E-state index is 11.9. The first-order valence-corrected chi connectivity index (χ1v) is 6.66. The predicted molar refractivity (Wildman–Crippen MR) is 68.3 cm³/mol. The van der Waals surface area contributed by atoms with E-state index in [9.17, 15) is 14.4 Å². The van der Waals surface area contributed by atoms with Crippen molar-refractivity contribution in [3.8, 4) is 0 Å². The molecule has 1 aromatic rings. The van der Waals surface area contributed by atoms with E-state index in [4.69, 9.17) is 5.11 Å². The van der Waals surface area contributed by atoms with Gasteiger partial charge in [-0.15, -0.1) is 11.3 Å². The smallest absolute Gasteiger partial charge is 0.410 e. The number of carbonyl (C=O) groups is 3. The van der Waals surface area contributed by atoms with Crippen LogP contribution in [0.2, 0.25) is 0 Å². The zero-order valence-electron chi connectivity index (χ0n) is 10.1. The molecule has 8 heteroatoms. The fourth-order valence-corrected chi connectivity index (χ4v) is 2.51. The number of Topliss-reactive ketones (excluding diaryl/α,β-unsaturated/α-hetero) is 1. The van der Waals surface area contributed by atoms with Crippen molar-refractivity contribution < 1.29 is 19.5 Å². The number of carbonyl (C=O) groups excluding carboxylic acids is 2. The number of hydrogen-bond donors (Lipinski definition) is 2. The van der Waals surface area contributed by atoms with Crippen molar-refractivity contribution in [1.82, 2.24) is 9.88 Å². The number of piperidine rings is 1. The number of aromatic nitrogens is 1. The summed E-state index contributed by atoms with van der Waals surface area (Å²) in [5, 5.41) is 12.6. The number of ketones is 1. The van der Waals surface area contributed by atoms with Gasteiger partial charge in [-0.2, -0.15) is 0 Å². The van der Waals surface area contributed by atoms with Crippen LogP contribution in [-0.4, -0.2) is 45.9 Å². The zero-order valence-corrected chi connectivity index (χ0v) is 10.9. The summed E-state index contributed by atoms with van der Waals surface area (Å²) < 4.78 is 0. The Bertz CT molecular complexity index is 504.